The van der Waals surface area contributed by atoms with Crippen LogP contribution in [0.4, 0.5) is 0 Å². The number of aliphatic carboxylic acids is 1. The van der Waals surface area contributed by atoms with E-state index in [0.29, 0.717) is 5.25 Å². The van der Waals surface area contributed by atoms with Crippen LogP contribution in [-0.2, 0) is 11.3 Å². The van der Waals surface area contributed by atoms with E-state index >= 15 is 0 Å². The number of aromatic nitrogens is 2. The number of rotatable bonds is 7. The first kappa shape index (κ1) is 16.7. The second kappa shape index (κ2) is 7.56. The van der Waals surface area contributed by atoms with E-state index in [1.165, 1.54) is 11.8 Å². The van der Waals surface area contributed by atoms with Gasteiger partial charge in [0.1, 0.15) is 0 Å². The van der Waals surface area contributed by atoms with Gasteiger partial charge >= 0.3 is 5.97 Å². The number of hydrogen-bond donors (Lipinski definition) is 1. The van der Waals surface area contributed by atoms with Gasteiger partial charge in [0.2, 0.25) is 0 Å². The number of aryl methyl sites for hydroxylation is 1. The Morgan fingerprint density at radius 1 is 1.52 bits per heavy atom. The van der Waals surface area contributed by atoms with E-state index < -0.39 is 5.97 Å². The van der Waals surface area contributed by atoms with Gasteiger partial charge in [-0.3, -0.25) is 4.79 Å². The Morgan fingerprint density at radius 3 is 2.95 bits per heavy atom. The molecule has 0 spiro atoms. The predicted molar refractivity (Wildman–Crippen MR) is 93.4 cm³/mol. The van der Waals surface area contributed by atoms with E-state index in [1.807, 2.05) is 30.0 Å². The lowest BCUT2D eigenvalue weighted by Crippen LogP contribution is -2.07. The fraction of sp³-hybridized carbons (Fsp3) is 0.429. The van der Waals surface area contributed by atoms with Crippen LogP contribution in [0.2, 0.25) is 0 Å². The zero-order valence-corrected chi connectivity index (χ0v) is 15.1. The molecular weight excluding hydrogens is 372 g/mol. The van der Waals surface area contributed by atoms with Crippen LogP contribution in [0.15, 0.2) is 27.8 Å². The molecule has 1 aromatic carbocycles. The lowest BCUT2D eigenvalue weighted by molar-refractivity contribution is -0.133. The lowest BCUT2D eigenvalue weighted by Gasteiger charge is -2.11. The maximum atomic E-state index is 10.8. The van der Waals surface area contributed by atoms with Gasteiger partial charge in [-0.25, -0.2) is 4.98 Å². The molecule has 0 radical (unpaired) electrons. The first-order valence-electron chi connectivity index (χ1n) is 6.54. The standard InChI is InChI=1S/C14H17BrN2O2S2/c1-9(20-2)5-6-17-12-7-10(15)3-4-11(12)16-14(17)21-8-13(18)19/h3-4,7,9H,5-6,8H2,1-2H3,(H,18,19). The molecule has 0 saturated heterocycles. The number of carboxylic acids is 1. The molecule has 114 valence electrons. The number of carboxylic acid groups (broad SMARTS) is 1. The van der Waals surface area contributed by atoms with E-state index in [4.69, 9.17) is 5.11 Å². The number of thioether (sulfide) groups is 2. The van der Waals surface area contributed by atoms with E-state index in [1.54, 1.807) is 0 Å². The molecule has 1 N–H and O–H groups in total. The van der Waals surface area contributed by atoms with Crippen molar-refractivity contribution in [3.05, 3.63) is 22.7 Å². The first-order valence-corrected chi connectivity index (χ1v) is 9.61. The Bertz CT molecular complexity index is 645. The number of carbonyl (C=O) groups is 1. The van der Waals surface area contributed by atoms with Crippen LogP contribution in [0.3, 0.4) is 0 Å². The molecule has 1 unspecified atom stereocenters. The summed E-state index contributed by atoms with van der Waals surface area (Å²) in [5, 5.41) is 10.2. The molecule has 1 heterocycles. The largest absolute Gasteiger partial charge is 0.481 e. The SMILES string of the molecule is CSC(C)CCn1c(SCC(=O)O)nc2ccc(Br)cc21. The normalized spacial score (nSPS) is 12.7. The number of benzene rings is 1. The number of imidazole rings is 1. The summed E-state index contributed by atoms with van der Waals surface area (Å²) in [6.45, 7) is 3.04. The molecule has 21 heavy (non-hydrogen) atoms. The lowest BCUT2D eigenvalue weighted by atomic mass is 10.3. The summed E-state index contributed by atoms with van der Waals surface area (Å²) >= 11 is 6.60. The molecule has 2 aromatic rings. The molecule has 0 amide bonds. The minimum Gasteiger partial charge on any atom is -0.481 e. The van der Waals surface area contributed by atoms with Crippen molar-refractivity contribution in [2.75, 3.05) is 12.0 Å². The second-order valence-electron chi connectivity index (χ2n) is 4.70. The Morgan fingerprint density at radius 2 is 2.29 bits per heavy atom. The molecule has 0 aliphatic carbocycles. The van der Waals surface area contributed by atoms with Gasteiger partial charge in [-0.05, 0) is 30.9 Å². The van der Waals surface area contributed by atoms with Crippen LogP contribution in [0, 0.1) is 0 Å². The fourth-order valence-corrected chi connectivity index (χ4v) is 3.41. The number of nitrogens with zero attached hydrogens (tertiary/aromatic N) is 2. The third kappa shape index (κ3) is 4.40. The highest BCUT2D eigenvalue weighted by Gasteiger charge is 2.14. The number of hydrogen-bond acceptors (Lipinski definition) is 4. The van der Waals surface area contributed by atoms with Crippen molar-refractivity contribution in [3.63, 3.8) is 0 Å². The smallest absolute Gasteiger partial charge is 0.313 e. The molecule has 1 atom stereocenters. The molecule has 1 aromatic heterocycles. The van der Waals surface area contributed by atoms with Crippen molar-refractivity contribution in [1.82, 2.24) is 9.55 Å². The maximum absolute atomic E-state index is 10.8. The molecule has 7 heteroatoms. The molecule has 4 nitrogen and oxygen atoms in total. The van der Waals surface area contributed by atoms with Crippen molar-refractivity contribution in [2.24, 2.45) is 0 Å². The summed E-state index contributed by atoms with van der Waals surface area (Å²) in [6.07, 6.45) is 3.13. The molecule has 0 fully saturated rings. The van der Waals surface area contributed by atoms with Crippen LogP contribution < -0.4 is 0 Å². The summed E-state index contributed by atoms with van der Waals surface area (Å²) < 4.78 is 3.13. The van der Waals surface area contributed by atoms with Gasteiger partial charge < -0.3 is 9.67 Å². The van der Waals surface area contributed by atoms with Crippen LogP contribution >= 0.6 is 39.5 Å². The summed E-state index contributed by atoms with van der Waals surface area (Å²) in [6, 6.07) is 5.95. The van der Waals surface area contributed by atoms with E-state index in [9.17, 15) is 4.79 Å². The van der Waals surface area contributed by atoms with Crippen molar-refractivity contribution in [1.29, 1.82) is 0 Å². The Balaban J connectivity index is 2.33. The number of halogens is 1. The van der Waals surface area contributed by atoms with E-state index in [0.717, 1.165) is 33.6 Å². The van der Waals surface area contributed by atoms with Crippen molar-refractivity contribution in [3.8, 4) is 0 Å². The van der Waals surface area contributed by atoms with Gasteiger partial charge in [-0.2, -0.15) is 11.8 Å². The minimum absolute atomic E-state index is 0.0303. The predicted octanol–water partition coefficient (Wildman–Crippen LogP) is 4.12. The van der Waals surface area contributed by atoms with Crippen molar-refractivity contribution >= 4 is 56.5 Å². The molecule has 0 aliphatic rings. The summed E-state index contributed by atoms with van der Waals surface area (Å²) in [5.41, 5.74) is 1.95. The summed E-state index contributed by atoms with van der Waals surface area (Å²) in [7, 11) is 0. The summed E-state index contributed by atoms with van der Waals surface area (Å²) in [5.74, 6) is -0.792. The quantitative estimate of drug-likeness (QED) is 0.722. The zero-order valence-electron chi connectivity index (χ0n) is 11.9. The summed E-state index contributed by atoms with van der Waals surface area (Å²) in [4.78, 5) is 15.4. The second-order valence-corrected chi connectivity index (χ2v) is 7.83. The third-order valence-electron chi connectivity index (χ3n) is 3.16. The Hall–Kier alpha value is -0.660. The van der Waals surface area contributed by atoms with Gasteiger partial charge in [-0.15, -0.1) is 0 Å². The molecule has 0 aliphatic heterocycles. The van der Waals surface area contributed by atoms with Gasteiger partial charge in [0.25, 0.3) is 0 Å². The van der Waals surface area contributed by atoms with Gasteiger partial charge in [0.15, 0.2) is 5.16 Å². The van der Waals surface area contributed by atoms with Gasteiger partial charge in [0, 0.05) is 16.3 Å². The van der Waals surface area contributed by atoms with Crippen LogP contribution in [0.1, 0.15) is 13.3 Å². The Labute approximate surface area is 140 Å². The van der Waals surface area contributed by atoms with Gasteiger partial charge in [0.05, 0.1) is 16.8 Å². The number of fused-ring (bicyclic) bond motifs is 1. The minimum atomic E-state index is -0.822. The van der Waals surface area contributed by atoms with Gasteiger partial charge in [-0.1, -0.05) is 34.6 Å². The van der Waals surface area contributed by atoms with E-state index in [2.05, 4.69) is 38.7 Å². The van der Waals surface area contributed by atoms with Crippen LogP contribution in [-0.4, -0.2) is 37.9 Å². The van der Waals surface area contributed by atoms with Crippen LogP contribution in [0.25, 0.3) is 11.0 Å². The molecule has 0 bridgehead atoms. The monoisotopic (exact) mass is 388 g/mol. The highest BCUT2D eigenvalue weighted by atomic mass is 79.9. The average molecular weight is 389 g/mol. The molecular formula is C14H17BrN2O2S2. The zero-order chi connectivity index (χ0) is 15.4. The Kier molecular flexibility index (Phi) is 6.01. The third-order valence-corrected chi connectivity index (χ3v) is 5.66. The maximum Gasteiger partial charge on any atom is 0.313 e. The average Bonchev–Trinajstić information content (AvgIpc) is 2.79. The van der Waals surface area contributed by atoms with Crippen LogP contribution in [0.5, 0.6) is 0 Å². The topological polar surface area (TPSA) is 55.1 Å². The van der Waals surface area contributed by atoms with Crippen molar-refractivity contribution < 1.29 is 9.90 Å². The highest BCUT2D eigenvalue weighted by Crippen LogP contribution is 2.27. The first-order chi connectivity index (χ1) is 10.0. The molecule has 0 saturated carbocycles. The van der Waals surface area contributed by atoms with Crippen molar-refractivity contribution in [2.45, 2.75) is 30.3 Å². The van der Waals surface area contributed by atoms with E-state index in [-0.39, 0.29) is 5.75 Å². The fourth-order valence-electron chi connectivity index (χ4n) is 1.96. The highest BCUT2D eigenvalue weighted by molar-refractivity contribution is 9.10. The molecule has 2 rings (SSSR count).